The standard InChI is InChI=1S/C30H27BrCl3N3O7S/c1-2-18-16-45-28-24(35-14-21(22(38)13-31)36-43-15-23(39)42-17-30(32,33)34)27(40)37(28)25(18)29(41)44-26(19-9-5-3-6-10-19)20-11-7-4-8-12-20/h2-12,24,26,28,35H,1,13-17H2/t24?,28-/m0/s1. The van der Waals surface area contributed by atoms with Gasteiger partial charge in [-0.3, -0.25) is 19.8 Å². The zero-order valence-corrected chi connectivity index (χ0v) is 28.2. The van der Waals surface area contributed by atoms with Gasteiger partial charge in [0, 0.05) is 12.3 Å². The Balaban J connectivity index is 1.44. The number of halogens is 4. The monoisotopic (exact) mass is 757 g/mol. The van der Waals surface area contributed by atoms with E-state index < -0.39 is 58.2 Å². The lowest BCUT2D eigenvalue weighted by molar-refractivity contribution is -0.153. The zero-order valence-electron chi connectivity index (χ0n) is 23.5. The van der Waals surface area contributed by atoms with Gasteiger partial charge in [0.2, 0.25) is 16.3 Å². The summed E-state index contributed by atoms with van der Waals surface area (Å²) in [5, 5.41) is 6.22. The summed E-state index contributed by atoms with van der Waals surface area (Å²) in [5.74, 6) is -1.95. The van der Waals surface area contributed by atoms with Crippen molar-refractivity contribution in [3.05, 3.63) is 95.7 Å². The van der Waals surface area contributed by atoms with Crippen LogP contribution in [-0.4, -0.2) is 80.3 Å². The minimum atomic E-state index is -1.79. The third-order valence-corrected chi connectivity index (χ3v) is 8.69. The van der Waals surface area contributed by atoms with Crippen molar-refractivity contribution in [1.82, 2.24) is 10.2 Å². The molecule has 4 rings (SSSR count). The van der Waals surface area contributed by atoms with Gasteiger partial charge in [-0.2, -0.15) is 0 Å². The number of amides is 1. The first-order valence-electron chi connectivity index (χ1n) is 13.4. The number of carbonyl (C=O) groups is 4. The van der Waals surface area contributed by atoms with Gasteiger partial charge >= 0.3 is 11.9 Å². The molecule has 45 heavy (non-hydrogen) atoms. The number of thioether (sulfide) groups is 1. The van der Waals surface area contributed by atoms with Gasteiger partial charge in [0.1, 0.15) is 29.4 Å². The lowest BCUT2D eigenvalue weighted by atomic mass is 10.0. The van der Waals surface area contributed by atoms with Crippen molar-refractivity contribution in [2.75, 3.05) is 30.8 Å². The van der Waals surface area contributed by atoms with Crippen molar-refractivity contribution in [3.63, 3.8) is 0 Å². The maximum atomic E-state index is 13.7. The number of hydrogen-bond acceptors (Lipinski definition) is 10. The van der Waals surface area contributed by atoms with E-state index in [0.29, 0.717) is 11.3 Å². The molecule has 0 radical (unpaired) electrons. The van der Waals surface area contributed by atoms with E-state index in [1.807, 2.05) is 60.7 Å². The predicted molar refractivity (Wildman–Crippen MR) is 176 cm³/mol. The highest BCUT2D eigenvalue weighted by atomic mass is 79.9. The fourth-order valence-electron chi connectivity index (χ4n) is 4.42. The summed E-state index contributed by atoms with van der Waals surface area (Å²) in [5.41, 5.74) is 2.16. The number of oxime groups is 1. The normalized spacial score (nSPS) is 18.2. The number of alkyl halides is 4. The largest absolute Gasteiger partial charge is 0.459 e. The first-order valence-corrected chi connectivity index (χ1v) is 16.7. The molecule has 2 aromatic rings. The number of allylic oxidation sites excluding steroid dienone is 1. The molecule has 1 saturated heterocycles. The number of hydrogen-bond donors (Lipinski definition) is 1. The second-order valence-corrected chi connectivity index (χ2v) is 13.8. The molecule has 2 aliphatic heterocycles. The highest BCUT2D eigenvalue weighted by Crippen LogP contribution is 2.41. The average Bonchev–Trinajstić information content (AvgIpc) is 3.04. The molecule has 1 amide bonds. The smallest absolute Gasteiger partial charge is 0.356 e. The van der Waals surface area contributed by atoms with Gasteiger partial charge in [-0.1, -0.05) is 129 Å². The fourth-order valence-corrected chi connectivity index (χ4v) is 6.28. The van der Waals surface area contributed by atoms with E-state index in [1.54, 1.807) is 6.08 Å². The number of carbonyl (C=O) groups excluding carboxylic acids is 4. The van der Waals surface area contributed by atoms with Gasteiger partial charge in [0.05, 0.1) is 5.33 Å². The number of fused-ring (bicyclic) bond motifs is 1. The van der Waals surface area contributed by atoms with Crippen molar-refractivity contribution in [1.29, 1.82) is 0 Å². The molecule has 0 aromatic heterocycles. The maximum absolute atomic E-state index is 13.7. The Morgan fingerprint density at radius 1 is 1.11 bits per heavy atom. The number of nitrogens with zero attached hydrogens (tertiary/aromatic N) is 2. The molecular weight excluding hydrogens is 733 g/mol. The summed E-state index contributed by atoms with van der Waals surface area (Å²) < 4.78 is 9.03. The molecule has 2 aliphatic rings. The molecule has 0 bridgehead atoms. The molecule has 0 spiro atoms. The highest BCUT2D eigenvalue weighted by Gasteiger charge is 2.53. The Morgan fingerprint density at radius 3 is 2.29 bits per heavy atom. The number of ketones is 1. The van der Waals surface area contributed by atoms with Crippen LogP contribution in [-0.2, 0) is 33.5 Å². The first-order chi connectivity index (χ1) is 21.5. The number of ether oxygens (including phenoxy) is 2. The van der Waals surface area contributed by atoms with E-state index in [1.165, 1.54) is 16.7 Å². The highest BCUT2D eigenvalue weighted by molar-refractivity contribution is 9.09. The molecule has 15 heteroatoms. The fraction of sp³-hybridized carbons (Fsp3) is 0.300. The van der Waals surface area contributed by atoms with Crippen LogP contribution in [0.1, 0.15) is 17.2 Å². The van der Waals surface area contributed by atoms with Crippen LogP contribution in [0.2, 0.25) is 0 Å². The van der Waals surface area contributed by atoms with Gasteiger partial charge in [-0.05, 0) is 16.7 Å². The van der Waals surface area contributed by atoms with Gasteiger partial charge in [0.15, 0.2) is 11.9 Å². The summed E-state index contributed by atoms with van der Waals surface area (Å²) >= 11 is 21.2. The molecule has 0 aliphatic carbocycles. The lowest BCUT2D eigenvalue weighted by Gasteiger charge is -2.49. The van der Waals surface area contributed by atoms with Gasteiger partial charge in [-0.25, -0.2) is 9.59 Å². The van der Waals surface area contributed by atoms with Crippen LogP contribution < -0.4 is 5.32 Å². The van der Waals surface area contributed by atoms with Crippen LogP contribution in [0.25, 0.3) is 0 Å². The summed E-state index contributed by atoms with van der Waals surface area (Å²) in [6.07, 6.45) is 0.841. The van der Waals surface area contributed by atoms with Gasteiger partial charge in [0.25, 0.3) is 0 Å². The summed E-state index contributed by atoms with van der Waals surface area (Å²) in [4.78, 5) is 57.8. The molecule has 1 N–H and O–H groups in total. The quantitative estimate of drug-likeness (QED) is 0.0944. The van der Waals surface area contributed by atoms with Crippen LogP contribution in [0, 0.1) is 0 Å². The van der Waals surface area contributed by atoms with E-state index >= 15 is 0 Å². The third-order valence-electron chi connectivity index (χ3n) is 6.55. The van der Waals surface area contributed by atoms with Gasteiger partial charge < -0.3 is 14.3 Å². The summed E-state index contributed by atoms with van der Waals surface area (Å²) in [6.45, 7) is 2.55. The van der Waals surface area contributed by atoms with E-state index in [2.05, 4.69) is 33.0 Å². The van der Waals surface area contributed by atoms with E-state index in [4.69, 9.17) is 49.1 Å². The average molecular weight is 760 g/mol. The topological polar surface area (TPSA) is 124 Å². The second kappa shape index (κ2) is 16.1. The van der Waals surface area contributed by atoms with Crippen LogP contribution in [0.5, 0.6) is 0 Å². The van der Waals surface area contributed by atoms with Crippen molar-refractivity contribution >= 4 is 91.8 Å². The zero-order chi connectivity index (χ0) is 32.6. The molecule has 2 atom stereocenters. The number of rotatable bonds is 14. The summed E-state index contributed by atoms with van der Waals surface area (Å²) in [7, 11) is 0. The van der Waals surface area contributed by atoms with Crippen molar-refractivity contribution in [2.24, 2.45) is 5.16 Å². The number of Topliss-reactive ketones (excluding diaryl/α,β-unsaturated/α-hetero) is 1. The van der Waals surface area contributed by atoms with Crippen LogP contribution in [0.4, 0.5) is 0 Å². The van der Waals surface area contributed by atoms with E-state index in [-0.39, 0.29) is 23.3 Å². The Bertz CT molecular complexity index is 1450. The third kappa shape index (κ3) is 9.11. The Hall–Kier alpha value is -2.87. The minimum Gasteiger partial charge on any atom is -0.459 e. The molecule has 238 valence electrons. The predicted octanol–water partition coefficient (Wildman–Crippen LogP) is 4.88. The molecule has 10 nitrogen and oxygen atoms in total. The van der Waals surface area contributed by atoms with Crippen LogP contribution >= 0.6 is 62.5 Å². The Kier molecular flexibility index (Phi) is 12.5. The molecule has 2 aromatic carbocycles. The van der Waals surface area contributed by atoms with Crippen molar-refractivity contribution < 1.29 is 33.5 Å². The maximum Gasteiger partial charge on any atom is 0.356 e. The van der Waals surface area contributed by atoms with Crippen LogP contribution in [0.3, 0.4) is 0 Å². The lowest BCUT2D eigenvalue weighted by Crippen LogP contribution is -2.70. The molecule has 1 fully saturated rings. The molecule has 0 saturated carbocycles. The number of β-lactam (4-membered cyclic amide) rings is 1. The Morgan fingerprint density at radius 2 is 1.73 bits per heavy atom. The SMILES string of the molecule is C=CC1=C(C(=O)OC(c2ccccc2)c2ccccc2)N2C(=O)C(NCC(=NOCC(=O)OCC(Cl)(Cl)Cl)C(=O)CBr)[C@@H]2SC1. The number of nitrogens with one attached hydrogen (secondary N) is 1. The minimum absolute atomic E-state index is 0.0800. The first kappa shape index (κ1) is 35.0. The van der Waals surface area contributed by atoms with Crippen molar-refractivity contribution in [3.8, 4) is 0 Å². The molecule has 1 unspecified atom stereocenters. The summed E-state index contributed by atoms with van der Waals surface area (Å²) in [6, 6.07) is 17.9. The molecule has 2 heterocycles. The van der Waals surface area contributed by atoms with Crippen LogP contribution in [0.15, 0.2) is 89.7 Å². The van der Waals surface area contributed by atoms with Crippen molar-refractivity contribution in [2.45, 2.75) is 21.3 Å². The molecular formula is C30H27BrCl3N3O7S. The van der Waals surface area contributed by atoms with E-state index in [9.17, 15) is 19.2 Å². The number of esters is 2. The second-order valence-electron chi connectivity index (χ2n) is 9.60. The van der Waals surface area contributed by atoms with Gasteiger partial charge in [-0.15, -0.1) is 11.8 Å². The Labute approximate surface area is 287 Å². The number of benzene rings is 2. The van der Waals surface area contributed by atoms with E-state index in [0.717, 1.165) is 11.1 Å².